The van der Waals surface area contributed by atoms with E-state index >= 15 is 0 Å². The number of methoxy groups -OCH3 is 1. The number of esters is 1. The van der Waals surface area contributed by atoms with E-state index in [1.165, 1.54) is 7.11 Å². The number of carbonyl (C=O) groups excluding carboxylic acids is 2. The van der Waals surface area contributed by atoms with Crippen molar-refractivity contribution in [1.82, 2.24) is 14.9 Å². The number of fused-ring (bicyclic) bond motifs is 1. The Morgan fingerprint density at radius 2 is 1.93 bits per heavy atom. The minimum atomic E-state index is -0.920. The largest absolute Gasteiger partial charge is 0.467 e. The molecular weight excluding hydrogens is 370 g/mol. The van der Waals surface area contributed by atoms with Crippen LogP contribution in [0.5, 0.6) is 0 Å². The van der Waals surface area contributed by atoms with Crippen LogP contribution < -0.4 is 10.9 Å². The van der Waals surface area contributed by atoms with E-state index in [0.29, 0.717) is 36.0 Å². The van der Waals surface area contributed by atoms with Gasteiger partial charge in [0.25, 0.3) is 5.56 Å². The number of para-hydroxylation sites is 1. The van der Waals surface area contributed by atoms with Crippen LogP contribution in [0.3, 0.4) is 0 Å². The van der Waals surface area contributed by atoms with E-state index in [1.54, 1.807) is 10.6 Å². The van der Waals surface area contributed by atoms with E-state index in [9.17, 15) is 14.4 Å². The fraction of sp³-hybridized carbons (Fsp3) is 0.545. The maximum absolute atomic E-state index is 12.9. The number of aromatic nitrogens is 2. The SMILES string of the molecule is COC(=O)C1(NC(=O)CCc2nc3ccccc3c(=O)n2C2CC2)CCCCC1. The Bertz CT molecular complexity index is 987. The van der Waals surface area contributed by atoms with Gasteiger partial charge in [0.05, 0.1) is 18.0 Å². The average Bonchev–Trinajstić information content (AvgIpc) is 3.57. The van der Waals surface area contributed by atoms with E-state index in [1.807, 2.05) is 18.2 Å². The second-order valence-electron chi connectivity index (χ2n) is 8.13. The van der Waals surface area contributed by atoms with Crippen LogP contribution in [0.2, 0.25) is 0 Å². The number of carbonyl (C=O) groups is 2. The second kappa shape index (κ2) is 7.97. The number of nitrogens with one attached hydrogen (secondary N) is 1. The molecule has 2 aliphatic carbocycles. The lowest BCUT2D eigenvalue weighted by molar-refractivity contribution is -0.152. The van der Waals surface area contributed by atoms with Gasteiger partial charge in [0.1, 0.15) is 11.4 Å². The third-order valence-corrected chi connectivity index (χ3v) is 6.03. The van der Waals surface area contributed by atoms with Gasteiger partial charge in [-0.15, -0.1) is 0 Å². The van der Waals surface area contributed by atoms with Crippen LogP contribution in [-0.4, -0.2) is 34.1 Å². The van der Waals surface area contributed by atoms with Crippen LogP contribution in [0, 0.1) is 0 Å². The minimum Gasteiger partial charge on any atom is -0.467 e. The van der Waals surface area contributed by atoms with Crippen molar-refractivity contribution in [1.29, 1.82) is 0 Å². The highest BCUT2D eigenvalue weighted by atomic mass is 16.5. The molecule has 0 atom stereocenters. The van der Waals surface area contributed by atoms with Crippen LogP contribution in [0.1, 0.15) is 63.2 Å². The lowest BCUT2D eigenvalue weighted by atomic mass is 9.81. The third kappa shape index (κ3) is 3.91. The number of hydrogen-bond donors (Lipinski definition) is 1. The summed E-state index contributed by atoms with van der Waals surface area (Å²) in [5.74, 6) is 0.0634. The first-order valence-corrected chi connectivity index (χ1v) is 10.4. The molecule has 154 valence electrons. The van der Waals surface area contributed by atoms with Gasteiger partial charge in [-0.1, -0.05) is 31.4 Å². The normalized spacial score (nSPS) is 18.4. The molecule has 7 nitrogen and oxygen atoms in total. The summed E-state index contributed by atoms with van der Waals surface area (Å²) < 4.78 is 6.72. The summed E-state index contributed by atoms with van der Waals surface area (Å²) >= 11 is 0. The Morgan fingerprint density at radius 3 is 2.62 bits per heavy atom. The maximum atomic E-state index is 12.9. The summed E-state index contributed by atoms with van der Waals surface area (Å²) in [6.45, 7) is 0. The third-order valence-electron chi connectivity index (χ3n) is 6.03. The van der Waals surface area contributed by atoms with Crippen molar-refractivity contribution in [2.24, 2.45) is 0 Å². The van der Waals surface area contributed by atoms with E-state index in [-0.39, 0.29) is 29.9 Å². The predicted octanol–water partition coefficient (Wildman–Crippen LogP) is 2.66. The van der Waals surface area contributed by atoms with E-state index in [2.05, 4.69) is 10.3 Å². The van der Waals surface area contributed by atoms with Gasteiger partial charge in [0, 0.05) is 18.9 Å². The fourth-order valence-electron chi connectivity index (χ4n) is 4.36. The standard InChI is InChI=1S/C22H27N3O4/c1-29-21(28)22(13-5-2-6-14-22)24-19(26)12-11-18-23-17-8-4-3-7-16(17)20(27)25(18)15-9-10-15/h3-4,7-8,15H,2,5-6,9-14H2,1H3,(H,24,26). The Balaban J connectivity index is 1.53. The molecule has 2 aromatic rings. The summed E-state index contributed by atoms with van der Waals surface area (Å²) in [7, 11) is 1.36. The van der Waals surface area contributed by atoms with Gasteiger partial charge in [-0.2, -0.15) is 0 Å². The zero-order chi connectivity index (χ0) is 20.4. The Hall–Kier alpha value is -2.70. The molecule has 0 aliphatic heterocycles. The highest BCUT2D eigenvalue weighted by Crippen LogP contribution is 2.35. The summed E-state index contributed by atoms with van der Waals surface area (Å²) in [4.78, 5) is 42.7. The van der Waals surface area contributed by atoms with E-state index < -0.39 is 5.54 Å². The molecule has 0 bridgehead atoms. The molecule has 0 saturated heterocycles. The van der Waals surface area contributed by atoms with Crippen LogP contribution in [0.4, 0.5) is 0 Å². The van der Waals surface area contributed by atoms with Gasteiger partial charge in [-0.25, -0.2) is 9.78 Å². The molecule has 0 spiro atoms. The van der Waals surface area contributed by atoms with Gasteiger partial charge in [0.2, 0.25) is 5.91 Å². The molecular formula is C22H27N3O4. The lowest BCUT2D eigenvalue weighted by Crippen LogP contribution is -2.56. The number of nitrogens with zero attached hydrogens (tertiary/aromatic N) is 2. The number of aryl methyl sites for hydroxylation is 1. The second-order valence-corrected chi connectivity index (χ2v) is 8.13. The zero-order valence-corrected chi connectivity index (χ0v) is 16.8. The summed E-state index contributed by atoms with van der Waals surface area (Å²) in [5, 5.41) is 3.55. The first kappa shape index (κ1) is 19.6. The number of rotatable bonds is 6. The Kier molecular flexibility index (Phi) is 5.39. The van der Waals surface area contributed by atoms with E-state index in [4.69, 9.17) is 4.74 Å². The molecule has 0 radical (unpaired) electrons. The van der Waals surface area contributed by atoms with Crippen LogP contribution >= 0.6 is 0 Å². The molecule has 1 aromatic heterocycles. The molecule has 4 rings (SSSR count). The van der Waals surface area contributed by atoms with Crippen molar-refractivity contribution >= 4 is 22.8 Å². The van der Waals surface area contributed by atoms with Gasteiger partial charge in [-0.3, -0.25) is 14.2 Å². The molecule has 1 aromatic carbocycles. The number of hydrogen-bond acceptors (Lipinski definition) is 5. The molecule has 7 heteroatoms. The molecule has 29 heavy (non-hydrogen) atoms. The quantitative estimate of drug-likeness (QED) is 0.757. The highest BCUT2D eigenvalue weighted by molar-refractivity contribution is 5.88. The van der Waals surface area contributed by atoms with Crippen molar-refractivity contribution in [3.63, 3.8) is 0 Å². The van der Waals surface area contributed by atoms with Gasteiger partial charge in [-0.05, 0) is 37.8 Å². The molecule has 1 N–H and O–H groups in total. The van der Waals surface area contributed by atoms with E-state index in [0.717, 1.165) is 32.1 Å². The first-order valence-electron chi connectivity index (χ1n) is 10.4. The first-order chi connectivity index (χ1) is 14.0. The van der Waals surface area contributed by atoms with Crippen molar-refractivity contribution in [2.45, 2.75) is 69.4 Å². The number of amides is 1. The number of benzene rings is 1. The molecule has 2 aliphatic rings. The lowest BCUT2D eigenvalue weighted by Gasteiger charge is -2.35. The molecule has 1 heterocycles. The Morgan fingerprint density at radius 1 is 1.21 bits per heavy atom. The maximum Gasteiger partial charge on any atom is 0.331 e. The monoisotopic (exact) mass is 397 g/mol. The van der Waals surface area contributed by atoms with Crippen molar-refractivity contribution < 1.29 is 14.3 Å². The summed E-state index contributed by atoms with van der Waals surface area (Å²) in [5.41, 5.74) is -0.299. The van der Waals surface area contributed by atoms with Crippen molar-refractivity contribution in [3.8, 4) is 0 Å². The molecule has 0 unspecified atom stereocenters. The summed E-state index contributed by atoms with van der Waals surface area (Å²) in [6.07, 6.45) is 6.51. The molecule has 2 saturated carbocycles. The van der Waals surface area contributed by atoms with Crippen LogP contribution in [0.15, 0.2) is 29.1 Å². The Labute approximate surface area is 169 Å². The zero-order valence-electron chi connectivity index (χ0n) is 16.8. The van der Waals surface area contributed by atoms with Crippen LogP contribution in [0.25, 0.3) is 10.9 Å². The van der Waals surface area contributed by atoms with Gasteiger partial charge in [0.15, 0.2) is 0 Å². The molecule has 1 amide bonds. The highest BCUT2D eigenvalue weighted by Gasteiger charge is 2.41. The van der Waals surface area contributed by atoms with Gasteiger partial charge >= 0.3 is 5.97 Å². The van der Waals surface area contributed by atoms with Crippen molar-refractivity contribution in [3.05, 3.63) is 40.4 Å². The van der Waals surface area contributed by atoms with Gasteiger partial charge < -0.3 is 10.1 Å². The average molecular weight is 397 g/mol. The fourth-order valence-corrected chi connectivity index (χ4v) is 4.36. The minimum absolute atomic E-state index is 0.0354. The number of ether oxygens (including phenoxy) is 1. The topological polar surface area (TPSA) is 90.3 Å². The van der Waals surface area contributed by atoms with Crippen LogP contribution in [-0.2, 0) is 20.7 Å². The smallest absolute Gasteiger partial charge is 0.331 e. The molecule has 2 fully saturated rings. The predicted molar refractivity (Wildman–Crippen MR) is 109 cm³/mol. The van der Waals surface area contributed by atoms with Crippen molar-refractivity contribution in [2.75, 3.05) is 7.11 Å². The summed E-state index contributed by atoms with van der Waals surface area (Å²) in [6, 6.07) is 7.49.